The fraction of sp³-hybridized carbons (Fsp3) is 0.559. The van der Waals surface area contributed by atoms with Gasteiger partial charge in [0.25, 0.3) is 0 Å². The number of fused-ring (bicyclic) bond motifs is 2. The summed E-state index contributed by atoms with van der Waals surface area (Å²) in [7, 11) is -4.02. The van der Waals surface area contributed by atoms with Crippen molar-refractivity contribution in [1.82, 2.24) is 9.62 Å². The molecule has 0 bridgehead atoms. The molecule has 0 spiro atoms. The Morgan fingerprint density at radius 1 is 1.15 bits per heavy atom. The van der Waals surface area contributed by atoms with Crippen LogP contribution in [0.1, 0.15) is 51.2 Å². The van der Waals surface area contributed by atoms with Gasteiger partial charge in [-0.05, 0) is 54.7 Å². The van der Waals surface area contributed by atoms with Gasteiger partial charge < -0.3 is 29.1 Å². The SMILES string of the molecule is CCCCSCc1coc2ccc(S(=O)(=O)N(CC(C)C)C[C@@H](O)[C@H](Cc3ccccc3)NC(=O)OC3COC4OCCC34)cc12. The highest BCUT2D eigenvalue weighted by Gasteiger charge is 2.44. The lowest BCUT2D eigenvalue weighted by molar-refractivity contribution is -0.0907. The Balaban J connectivity index is 1.34. The number of aliphatic hydroxyl groups excluding tert-OH is 1. The maximum Gasteiger partial charge on any atom is 0.407 e. The molecule has 2 aliphatic heterocycles. The standard InChI is InChI=1S/C34H46N2O8S2/c1-4-5-15-45-22-25-20-42-31-12-11-26(17-28(25)31)46(39,40)36(18-23(2)3)19-30(37)29(16-24-9-7-6-8-10-24)35-34(38)44-32-21-43-33-27(32)13-14-41-33/h6-12,17,20,23,27,29-30,32-33,37H,4-5,13-16,18-19,21-22H2,1-3H3,(H,35,38)/t27?,29-,30+,32?,33?/m0/s1. The van der Waals surface area contributed by atoms with E-state index in [4.69, 9.17) is 18.6 Å². The molecule has 5 atom stereocenters. The highest BCUT2D eigenvalue weighted by molar-refractivity contribution is 7.98. The summed E-state index contributed by atoms with van der Waals surface area (Å²) in [5, 5.41) is 15.2. The number of alkyl carbamates (subject to hydrolysis) is 1. The topological polar surface area (TPSA) is 128 Å². The first kappa shape index (κ1) is 34.7. The van der Waals surface area contributed by atoms with Crippen molar-refractivity contribution >= 4 is 38.8 Å². The molecule has 0 aliphatic carbocycles. The summed E-state index contributed by atoms with van der Waals surface area (Å²) < 4.78 is 52.2. The minimum Gasteiger partial charge on any atom is -0.464 e. The van der Waals surface area contributed by atoms with Crippen LogP contribution in [0.3, 0.4) is 0 Å². The fourth-order valence-corrected chi connectivity index (χ4v) is 8.68. The predicted octanol–water partition coefficient (Wildman–Crippen LogP) is 5.57. The number of hydrogen-bond donors (Lipinski definition) is 2. The molecule has 12 heteroatoms. The molecule has 2 N–H and O–H groups in total. The minimum absolute atomic E-state index is 0.0143. The summed E-state index contributed by atoms with van der Waals surface area (Å²) in [4.78, 5) is 13.3. The van der Waals surface area contributed by atoms with Gasteiger partial charge in [-0.1, -0.05) is 57.5 Å². The van der Waals surface area contributed by atoms with E-state index in [0.717, 1.165) is 47.3 Å². The lowest BCUT2D eigenvalue weighted by Gasteiger charge is -2.31. The van der Waals surface area contributed by atoms with E-state index in [9.17, 15) is 18.3 Å². The molecule has 2 saturated heterocycles. The summed E-state index contributed by atoms with van der Waals surface area (Å²) in [6.45, 7) is 6.79. The monoisotopic (exact) mass is 674 g/mol. The summed E-state index contributed by atoms with van der Waals surface area (Å²) >= 11 is 1.80. The van der Waals surface area contributed by atoms with E-state index in [1.54, 1.807) is 36.2 Å². The molecule has 0 radical (unpaired) electrons. The van der Waals surface area contributed by atoms with Gasteiger partial charge in [-0.25, -0.2) is 13.2 Å². The maximum atomic E-state index is 14.2. The highest BCUT2D eigenvalue weighted by atomic mass is 32.2. The second kappa shape index (κ2) is 16.0. The number of thioether (sulfide) groups is 1. The van der Waals surface area contributed by atoms with E-state index in [-0.39, 0.29) is 49.1 Å². The number of benzene rings is 2. The van der Waals surface area contributed by atoms with Gasteiger partial charge in [-0.15, -0.1) is 0 Å². The summed E-state index contributed by atoms with van der Waals surface area (Å²) in [6, 6.07) is 13.5. The number of nitrogens with zero attached hydrogens (tertiary/aromatic N) is 1. The molecule has 2 aliphatic rings. The van der Waals surface area contributed by atoms with E-state index < -0.39 is 34.4 Å². The zero-order valence-electron chi connectivity index (χ0n) is 26.8. The maximum absolute atomic E-state index is 14.2. The molecule has 3 unspecified atom stereocenters. The Bertz CT molecular complexity index is 1530. The third-order valence-electron chi connectivity index (χ3n) is 8.43. The van der Waals surface area contributed by atoms with E-state index in [0.29, 0.717) is 12.2 Å². The van der Waals surface area contributed by atoms with Crippen LogP contribution in [0.4, 0.5) is 4.79 Å². The number of ether oxygens (including phenoxy) is 3. The molecule has 1 amide bonds. The minimum atomic E-state index is -4.02. The van der Waals surface area contributed by atoms with Crippen LogP contribution in [0, 0.1) is 11.8 Å². The van der Waals surface area contributed by atoms with Gasteiger partial charge in [0.2, 0.25) is 10.0 Å². The van der Waals surface area contributed by atoms with E-state index in [1.165, 1.54) is 4.31 Å². The molecule has 3 aromatic rings. The van der Waals surface area contributed by atoms with Gasteiger partial charge in [-0.3, -0.25) is 0 Å². The Labute approximate surface area is 276 Å². The third-order valence-corrected chi connectivity index (χ3v) is 11.4. The summed E-state index contributed by atoms with van der Waals surface area (Å²) in [5.41, 5.74) is 2.47. The normalized spacial score (nSPS) is 21.1. The van der Waals surface area contributed by atoms with Crippen molar-refractivity contribution in [2.24, 2.45) is 11.8 Å². The molecular formula is C34H46N2O8S2. The molecule has 10 nitrogen and oxygen atoms in total. The van der Waals surface area contributed by atoms with E-state index >= 15 is 0 Å². The van der Waals surface area contributed by atoms with Crippen molar-refractivity contribution in [3.63, 3.8) is 0 Å². The first-order valence-electron chi connectivity index (χ1n) is 16.2. The Morgan fingerprint density at radius 2 is 1.96 bits per heavy atom. The molecule has 5 rings (SSSR count). The van der Waals surface area contributed by atoms with Crippen molar-refractivity contribution in [3.8, 4) is 0 Å². The lowest BCUT2D eigenvalue weighted by Crippen LogP contribution is -2.51. The van der Waals surface area contributed by atoms with Gasteiger partial charge in [0.05, 0.1) is 42.4 Å². The zero-order valence-corrected chi connectivity index (χ0v) is 28.4. The number of carbonyl (C=O) groups excluding carboxylic acids is 1. The summed E-state index contributed by atoms with van der Waals surface area (Å²) in [6.07, 6.45) is 2.23. The molecule has 2 fully saturated rings. The molecule has 0 saturated carbocycles. The first-order chi connectivity index (χ1) is 22.2. The van der Waals surface area contributed by atoms with Crippen molar-refractivity contribution in [1.29, 1.82) is 0 Å². The molecule has 252 valence electrons. The van der Waals surface area contributed by atoms with Crippen molar-refractivity contribution in [2.45, 2.75) is 81.6 Å². The number of nitrogens with one attached hydrogen (secondary N) is 1. The van der Waals surface area contributed by atoms with Gasteiger partial charge >= 0.3 is 6.09 Å². The van der Waals surface area contributed by atoms with Crippen LogP contribution in [0.15, 0.2) is 64.1 Å². The molecule has 1 aromatic heterocycles. The number of amides is 1. The Hall–Kier alpha value is -2.61. The number of hydrogen-bond acceptors (Lipinski definition) is 9. The van der Waals surface area contributed by atoms with Gasteiger partial charge in [0, 0.05) is 29.8 Å². The first-order valence-corrected chi connectivity index (χ1v) is 18.8. The summed E-state index contributed by atoms with van der Waals surface area (Å²) in [5.74, 6) is 1.71. The number of rotatable bonds is 16. The van der Waals surface area contributed by atoms with Crippen LogP contribution >= 0.6 is 11.8 Å². The smallest absolute Gasteiger partial charge is 0.407 e. The molecule has 3 heterocycles. The fourth-order valence-electron chi connectivity index (χ4n) is 5.95. The van der Waals surface area contributed by atoms with Crippen molar-refractivity contribution in [3.05, 3.63) is 65.9 Å². The van der Waals surface area contributed by atoms with Gasteiger partial charge in [0.1, 0.15) is 11.7 Å². The van der Waals surface area contributed by atoms with Gasteiger partial charge in [0.15, 0.2) is 6.29 Å². The average molecular weight is 675 g/mol. The Kier molecular flexibility index (Phi) is 12.1. The van der Waals surface area contributed by atoms with Crippen LogP contribution in [0.2, 0.25) is 0 Å². The van der Waals surface area contributed by atoms with E-state index in [1.807, 2.05) is 44.2 Å². The zero-order chi connectivity index (χ0) is 32.7. The number of carbonyl (C=O) groups is 1. The second-order valence-electron chi connectivity index (χ2n) is 12.5. The predicted molar refractivity (Wildman–Crippen MR) is 178 cm³/mol. The van der Waals surface area contributed by atoms with E-state index in [2.05, 4.69) is 12.2 Å². The third kappa shape index (κ3) is 8.64. The van der Waals surface area contributed by atoms with Crippen LogP contribution in [-0.2, 0) is 36.4 Å². The highest BCUT2D eigenvalue weighted by Crippen LogP contribution is 2.33. The lowest BCUT2D eigenvalue weighted by atomic mass is 10.0. The molecule has 46 heavy (non-hydrogen) atoms. The number of sulfonamides is 1. The van der Waals surface area contributed by atoms with Crippen LogP contribution in [0.5, 0.6) is 0 Å². The second-order valence-corrected chi connectivity index (χ2v) is 15.6. The number of furan rings is 1. The van der Waals surface area contributed by atoms with Crippen LogP contribution in [-0.4, -0.2) is 80.5 Å². The molecular weight excluding hydrogens is 629 g/mol. The van der Waals surface area contributed by atoms with Crippen LogP contribution in [0.25, 0.3) is 11.0 Å². The van der Waals surface area contributed by atoms with Crippen LogP contribution < -0.4 is 5.32 Å². The number of aliphatic hydroxyl groups is 1. The molecule has 2 aromatic carbocycles. The Morgan fingerprint density at radius 3 is 2.72 bits per heavy atom. The average Bonchev–Trinajstić information content (AvgIpc) is 3.76. The van der Waals surface area contributed by atoms with Gasteiger partial charge in [-0.2, -0.15) is 16.1 Å². The quantitative estimate of drug-likeness (QED) is 0.188. The van der Waals surface area contributed by atoms with Crippen molar-refractivity contribution in [2.75, 3.05) is 32.1 Å². The van der Waals surface area contributed by atoms with Crippen molar-refractivity contribution < 1.29 is 36.9 Å². The number of unbranched alkanes of at least 4 members (excludes halogenated alkanes) is 1. The largest absolute Gasteiger partial charge is 0.464 e.